The molecule has 0 aromatic carbocycles. The summed E-state index contributed by atoms with van der Waals surface area (Å²) in [7, 11) is 1.67. The molecule has 0 aliphatic heterocycles. The van der Waals surface area contributed by atoms with Gasteiger partial charge in [0.05, 0.1) is 6.61 Å². The van der Waals surface area contributed by atoms with E-state index >= 15 is 0 Å². The van der Waals surface area contributed by atoms with Crippen molar-refractivity contribution in [1.82, 2.24) is 5.32 Å². The first-order chi connectivity index (χ1) is 7.42. The SMILES string of the molecule is COCCSCCC(C)(NC(C)C)C(=O)O. The van der Waals surface area contributed by atoms with Crippen molar-refractivity contribution in [2.75, 3.05) is 25.2 Å². The number of hydrogen-bond donors (Lipinski definition) is 2. The van der Waals surface area contributed by atoms with Crippen LogP contribution in [0.5, 0.6) is 0 Å². The standard InChI is InChI=1S/C11H23NO3S/c1-9(2)12-11(3,10(13)14)5-7-16-8-6-15-4/h9,12H,5-8H2,1-4H3,(H,13,14). The minimum absolute atomic E-state index is 0.171. The number of carbonyl (C=O) groups is 1. The van der Waals surface area contributed by atoms with Crippen LogP contribution in [0.3, 0.4) is 0 Å². The molecule has 96 valence electrons. The zero-order valence-corrected chi connectivity index (χ0v) is 11.4. The van der Waals surface area contributed by atoms with Crippen LogP contribution in [0.1, 0.15) is 27.2 Å². The van der Waals surface area contributed by atoms with Crippen LogP contribution < -0.4 is 5.32 Å². The summed E-state index contributed by atoms with van der Waals surface area (Å²) in [6, 6.07) is 0.171. The van der Waals surface area contributed by atoms with E-state index in [1.54, 1.807) is 25.8 Å². The third-order valence-corrected chi connectivity index (χ3v) is 3.21. The maximum Gasteiger partial charge on any atom is 0.323 e. The van der Waals surface area contributed by atoms with E-state index in [1.165, 1.54) is 0 Å². The van der Waals surface area contributed by atoms with Gasteiger partial charge in [-0.25, -0.2) is 0 Å². The lowest BCUT2D eigenvalue weighted by Gasteiger charge is -2.28. The van der Waals surface area contributed by atoms with Gasteiger partial charge in [-0.15, -0.1) is 0 Å². The lowest BCUT2D eigenvalue weighted by atomic mass is 9.98. The first-order valence-corrected chi connectivity index (χ1v) is 6.65. The van der Waals surface area contributed by atoms with Gasteiger partial charge >= 0.3 is 5.97 Å². The highest BCUT2D eigenvalue weighted by Crippen LogP contribution is 2.15. The summed E-state index contributed by atoms with van der Waals surface area (Å²) >= 11 is 1.72. The summed E-state index contributed by atoms with van der Waals surface area (Å²) in [6.45, 7) is 6.37. The number of aliphatic carboxylic acids is 1. The van der Waals surface area contributed by atoms with Crippen LogP contribution in [0, 0.1) is 0 Å². The van der Waals surface area contributed by atoms with Crippen LogP contribution in [0.25, 0.3) is 0 Å². The molecule has 0 heterocycles. The molecular weight excluding hydrogens is 226 g/mol. The molecule has 0 spiro atoms. The van der Waals surface area contributed by atoms with E-state index < -0.39 is 11.5 Å². The molecule has 0 fully saturated rings. The summed E-state index contributed by atoms with van der Waals surface area (Å²) in [5.74, 6) is 0.952. The van der Waals surface area contributed by atoms with Gasteiger partial charge in [0.25, 0.3) is 0 Å². The lowest BCUT2D eigenvalue weighted by Crippen LogP contribution is -2.52. The average molecular weight is 249 g/mol. The lowest BCUT2D eigenvalue weighted by molar-refractivity contribution is -0.144. The number of methoxy groups -OCH3 is 1. The Morgan fingerprint density at radius 1 is 1.50 bits per heavy atom. The van der Waals surface area contributed by atoms with Gasteiger partial charge in [-0.1, -0.05) is 0 Å². The molecule has 0 saturated carbocycles. The molecule has 5 heteroatoms. The predicted molar refractivity (Wildman–Crippen MR) is 68.1 cm³/mol. The van der Waals surface area contributed by atoms with Crippen LogP contribution in [0.2, 0.25) is 0 Å². The Morgan fingerprint density at radius 2 is 2.12 bits per heavy atom. The van der Waals surface area contributed by atoms with Crippen LogP contribution in [0.15, 0.2) is 0 Å². The fourth-order valence-electron chi connectivity index (χ4n) is 1.40. The number of nitrogens with one attached hydrogen (secondary N) is 1. The number of carboxylic acids is 1. The van der Waals surface area contributed by atoms with Gasteiger partial charge < -0.3 is 9.84 Å². The minimum Gasteiger partial charge on any atom is -0.480 e. The van der Waals surface area contributed by atoms with Crippen LogP contribution in [0.4, 0.5) is 0 Å². The fraction of sp³-hybridized carbons (Fsp3) is 0.909. The maximum atomic E-state index is 11.2. The molecule has 1 unspecified atom stereocenters. The number of carboxylic acid groups (broad SMARTS) is 1. The second-order valence-electron chi connectivity index (χ2n) is 4.29. The Labute approximate surface area is 102 Å². The largest absolute Gasteiger partial charge is 0.480 e. The van der Waals surface area contributed by atoms with E-state index in [2.05, 4.69) is 5.32 Å². The summed E-state index contributed by atoms with van der Waals surface area (Å²) in [5.41, 5.74) is -0.825. The van der Waals surface area contributed by atoms with Crippen molar-refractivity contribution in [2.45, 2.75) is 38.8 Å². The molecule has 16 heavy (non-hydrogen) atoms. The Balaban J connectivity index is 3.98. The van der Waals surface area contributed by atoms with Crippen LogP contribution in [-0.4, -0.2) is 47.9 Å². The van der Waals surface area contributed by atoms with Gasteiger partial charge in [-0.05, 0) is 32.9 Å². The van der Waals surface area contributed by atoms with Gasteiger partial charge in [-0.3, -0.25) is 10.1 Å². The van der Waals surface area contributed by atoms with Gasteiger partial charge in [0.2, 0.25) is 0 Å². The zero-order chi connectivity index (χ0) is 12.6. The maximum absolute atomic E-state index is 11.2. The molecule has 0 aliphatic rings. The van der Waals surface area contributed by atoms with E-state index in [9.17, 15) is 9.90 Å². The van der Waals surface area contributed by atoms with Crippen molar-refractivity contribution in [1.29, 1.82) is 0 Å². The summed E-state index contributed by atoms with van der Waals surface area (Å²) in [4.78, 5) is 11.2. The molecule has 0 bridgehead atoms. The fourth-order valence-corrected chi connectivity index (χ4v) is 2.44. The predicted octanol–water partition coefficient (Wildman–Crippen LogP) is 1.60. The van der Waals surface area contributed by atoms with Gasteiger partial charge in [0.15, 0.2) is 0 Å². The molecular formula is C11H23NO3S. The smallest absolute Gasteiger partial charge is 0.323 e. The Bertz CT molecular complexity index is 211. The van der Waals surface area contributed by atoms with Crippen LogP contribution >= 0.6 is 11.8 Å². The Kier molecular flexibility index (Phi) is 7.80. The summed E-state index contributed by atoms with van der Waals surface area (Å²) in [5, 5.41) is 12.3. The highest BCUT2D eigenvalue weighted by atomic mass is 32.2. The van der Waals surface area contributed by atoms with Gasteiger partial charge in [-0.2, -0.15) is 11.8 Å². The zero-order valence-electron chi connectivity index (χ0n) is 10.6. The van der Waals surface area contributed by atoms with Crippen molar-refractivity contribution in [2.24, 2.45) is 0 Å². The second-order valence-corrected chi connectivity index (χ2v) is 5.52. The molecule has 0 saturated heterocycles. The average Bonchev–Trinajstić information content (AvgIpc) is 2.16. The van der Waals surface area contributed by atoms with Gasteiger partial charge in [0.1, 0.15) is 5.54 Å². The third-order valence-electron chi connectivity index (χ3n) is 2.26. The first-order valence-electron chi connectivity index (χ1n) is 5.50. The summed E-state index contributed by atoms with van der Waals surface area (Å²) in [6.07, 6.45) is 0.620. The van der Waals surface area contributed by atoms with E-state index in [4.69, 9.17) is 4.74 Å². The van der Waals surface area contributed by atoms with Crippen molar-refractivity contribution >= 4 is 17.7 Å². The molecule has 0 aliphatic carbocycles. The highest BCUT2D eigenvalue weighted by molar-refractivity contribution is 7.99. The monoisotopic (exact) mass is 249 g/mol. The quantitative estimate of drug-likeness (QED) is 0.608. The molecule has 0 radical (unpaired) electrons. The number of thioether (sulfide) groups is 1. The Hall–Kier alpha value is -0.260. The van der Waals surface area contributed by atoms with Crippen molar-refractivity contribution in [3.8, 4) is 0 Å². The highest BCUT2D eigenvalue weighted by Gasteiger charge is 2.32. The third kappa shape index (κ3) is 6.35. The molecule has 1 atom stereocenters. The minimum atomic E-state index is -0.825. The normalized spacial score (nSPS) is 15.1. The van der Waals surface area contributed by atoms with Crippen molar-refractivity contribution < 1.29 is 14.6 Å². The van der Waals surface area contributed by atoms with Crippen molar-refractivity contribution in [3.05, 3.63) is 0 Å². The van der Waals surface area contributed by atoms with Gasteiger partial charge in [0, 0.05) is 18.9 Å². The Morgan fingerprint density at radius 3 is 2.56 bits per heavy atom. The van der Waals surface area contributed by atoms with Crippen molar-refractivity contribution in [3.63, 3.8) is 0 Å². The molecule has 0 aromatic rings. The van der Waals surface area contributed by atoms with E-state index in [-0.39, 0.29) is 6.04 Å². The number of hydrogen-bond acceptors (Lipinski definition) is 4. The first kappa shape index (κ1) is 15.7. The molecule has 0 amide bonds. The number of rotatable bonds is 9. The molecule has 2 N–H and O–H groups in total. The van der Waals surface area contributed by atoms with E-state index in [0.29, 0.717) is 13.0 Å². The topological polar surface area (TPSA) is 58.6 Å². The van der Waals surface area contributed by atoms with E-state index in [0.717, 1.165) is 11.5 Å². The molecule has 4 nitrogen and oxygen atoms in total. The molecule has 0 aromatic heterocycles. The van der Waals surface area contributed by atoms with Crippen LogP contribution in [-0.2, 0) is 9.53 Å². The second kappa shape index (κ2) is 7.92. The van der Waals surface area contributed by atoms with E-state index in [1.807, 2.05) is 13.8 Å². The summed E-state index contributed by atoms with van der Waals surface area (Å²) < 4.78 is 4.93. The molecule has 0 rings (SSSR count). The number of ether oxygens (including phenoxy) is 1.